The smallest absolute Gasteiger partial charge is 0.337 e. The number of carbonyl (C=O) groups excluding carboxylic acids is 3. The molecule has 39 heavy (non-hydrogen) atoms. The molecule has 204 valence electrons. The lowest BCUT2D eigenvalue weighted by molar-refractivity contribution is -0.149. The summed E-state index contributed by atoms with van der Waals surface area (Å²) in [7, 11) is 1.31. The number of benzene rings is 2. The molecule has 2 unspecified atom stereocenters. The first-order chi connectivity index (χ1) is 19.0. The Morgan fingerprint density at radius 1 is 0.974 bits per heavy atom. The number of methoxy groups -OCH3 is 1. The molecule has 1 aliphatic heterocycles. The molecular weight excluding hydrogens is 500 g/mol. The number of hydrogen-bond donors (Lipinski definition) is 1. The first kappa shape index (κ1) is 26.3. The van der Waals surface area contributed by atoms with Crippen LogP contribution in [-0.4, -0.2) is 48.5 Å². The summed E-state index contributed by atoms with van der Waals surface area (Å²) < 4.78 is 22.3. The Labute approximate surface area is 227 Å². The van der Waals surface area contributed by atoms with Crippen molar-refractivity contribution in [1.82, 2.24) is 10.2 Å². The summed E-state index contributed by atoms with van der Waals surface area (Å²) in [6.07, 6.45) is 5.58. The van der Waals surface area contributed by atoms with Gasteiger partial charge in [0.1, 0.15) is 18.4 Å². The summed E-state index contributed by atoms with van der Waals surface area (Å²) in [4.78, 5) is 41.5. The predicted molar refractivity (Wildman–Crippen MR) is 141 cm³/mol. The van der Waals surface area contributed by atoms with Crippen LogP contribution in [0.1, 0.15) is 59.8 Å². The minimum Gasteiger partial charge on any atom is -0.485 e. The van der Waals surface area contributed by atoms with E-state index in [1.807, 2.05) is 6.07 Å². The SMILES string of the molecule is COC(=O)c1ccc(C(C(=O)NC2CCCCC2)N(Cc2ccco2)C(=O)C2COc3ccccc3O2)cc1. The Bertz CT molecular complexity index is 1280. The molecule has 5 rings (SSSR count). The molecule has 2 amide bonds. The molecule has 0 radical (unpaired) electrons. The van der Waals surface area contributed by atoms with Crippen LogP contribution >= 0.6 is 0 Å². The van der Waals surface area contributed by atoms with E-state index in [0.717, 1.165) is 32.1 Å². The minimum atomic E-state index is -1.00. The second kappa shape index (κ2) is 12.1. The summed E-state index contributed by atoms with van der Waals surface area (Å²) in [5, 5.41) is 3.17. The van der Waals surface area contributed by atoms with E-state index in [-0.39, 0.29) is 25.1 Å². The van der Waals surface area contributed by atoms with Crippen LogP contribution in [0.3, 0.4) is 0 Å². The second-order valence-electron chi connectivity index (χ2n) is 9.77. The lowest BCUT2D eigenvalue weighted by Gasteiger charge is -2.36. The Hall–Kier alpha value is -4.27. The van der Waals surface area contributed by atoms with Crippen molar-refractivity contribution in [1.29, 1.82) is 0 Å². The Morgan fingerprint density at radius 2 is 1.72 bits per heavy atom. The molecule has 1 aliphatic carbocycles. The lowest BCUT2D eigenvalue weighted by atomic mass is 9.94. The molecule has 1 aromatic heterocycles. The van der Waals surface area contributed by atoms with Gasteiger partial charge in [0.05, 0.1) is 25.5 Å². The monoisotopic (exact) mass is 532 g/mol. The summed E-state index contributed by atoms with van der Waals surface area (Å²) in [6, 6.07) is 16.2. The Balaban J connectivity index is 1.49. The number of nitrogens with zero attached hydrogens (tertiary/aromatic N) is 1. The molecule has 0 spiro atoms. The van der Waals surface area contributed by atoms with Crippen LogP contribution in [-0.2, 0) is 20.9 Å². The van der Waals surface area contributed by atoms with Crippen molar-refractivity contribution in [2.24, 2.45) is 0 Å². The predicted octanol–water partition coefficient (Wildman–Crippen LogP) is 4.43. The highest BCUT2D eigenvalue weighted by Crippen LogP contribution is 2.33. The quantitative estimate of drug-likeness (QED) is 0.428. The molecule has 0 bridgehead atoms. The number of furan rings is 1. The van der Waals surface area contributed by atoms with Gasteiger partial charge in [-0.25, -0.2) is 4.79 Å². The third kappa shape index (κ3) is 6.08. The fourth-order valence-electron chi connectivity index (χ4n) is 5.11. The van der Waals surface area contributed by atoms with Crippen molar-refractivity contribution in [2.75, 3.05) is 13.7 Å². The van der Waals surface area contributed by atoms with Gasteiger partial charge >= 0.3 is 5.97 Å². The van der Waals surface area contributed by atoms with Gasteiger partial charge in [-0.15, -0.1) is 0 Å². The van der Waals surface area contributed by atoms with Gasteiger partial charge in [0.25, 0.3) is 5.91 Å². The van der Waals surface area contributed by atoms with Gasteiger partial charge < -0.3 is 28.8 Å². The third-order valence-corrected chi connectivity index (χ3v) is 7.13. The highest BCUT2D eigenvalue weighted by molar-refractivity contribution is 5.92. The van der Waals surface area contributed by atoms with Gasteiger partial charge in [-0.3, -0.25) is 9.59 Å². The second-order valence-corrected chi connectivity index (χ2v) is 9.77. The topological polar surface area (TPSA) is 107 Å². The van der Waals surface area contributed by atoms with Crippen molar-refractivity contribution < 1.29 is 33.0 Å². The molecule has 9 heteroatoms. The number of fused-ring (bicyclic) bond motifs is 1. The number of esters is 1. The van der Waals surface area contributed by atoms with Gasteiger partial charge in [0.15, 0.2) is 11.5 Å². The van der Waals surface area contributed by atoms with Gasteiger partial charge in [-0.2, -0.15) is 0 Å². The number of amides is 2. The van der Waals surface area contributed by atoms with Crippen LogP contribution < -0.4 is 14.8 Å². The zero-order chi connectivity index (χ0) is 27.2. The van der Waals surface area contributed by atoms with E-state index >= 15 is 0 Å². The standard InChI is InChI=1S/C30H32N2O7/c1-36-30(35)21-15-13-20(14-16-21)27(28(33)31-22-8-3-2-4-9-22)32(18-23-10-7-17-37-23)29(34)26-19-38-24-11-5-6-12-25(24)39-26/h5-7,10-17,22,26-27H,2-4,8-9,18-19H2,1H3,(H,31,33). The van der Waals surface area contributed by atoms with Crippen molar-refractivity contribution in [3.63, 3.8) is 0 Å². The van der Waals surface area contributed by atoms with Gasteiger partial charge in [-0.1, -0.05) is 43.5 Å². The molecule has 9 nitrogen and oxygen atoms in total. The third-order valence-electron chi connectivity index (χ3n) is 7.13. The van der Waals surface area contributed by atoms with Crippen LogP contribution in [0.15, 0.2) is 71.3 Å². The molecule has 1 saturated carbocycles. The number of rotatable bonds is 8. The van der Waals surface area contributed by atoms with Crippen molar-refractivity contribution >= 4 is 17.8 Å². The number of nitrogens with one attached hydrogen (secondary N) is 1. The van der Waals surface area contributed by atoms with E-state index in [9.17, 15) is 14.4 Å². The number of carbonyl (C=O) groups is 3. The molecule has 2 aromatic carbocycles. The maximum absolute atomic E-state index is 14.1. The molecule has 1 N–H and O–H groups in total. The van der Waals surface area contributed by atoms with E-state index in [1.54, 1.807) is 54.6 Å². The molecule has 0 saturated heterocycles. The average molecular weight is 533 g/mol. The van der Waals surface area contributed by atoms with E-state index < -0.39 is 24.0 Å². The van der Waals surface area contributed by atoms with Crippen LogP contribution in [0.25, 0.3) is 0 Å². The maximum Gasteiger partial charge on any atom is 0.337 e. The summed E-state index contributed by atoms with van der Waals surface area (Å²) in [6.45, 7) is 0.0393. The molecular formula is C30H32N2O7. The number of ether oxygens (including phenoxy) is 3. The van der Waals surface area contributed by atoms with Gasteiger partial charge in [0, 0.05) is 6.04 Å². The van der Waals surface area contributed by atoms with Crippen molar-refractivity contribution in [3.05, 3.63) is 83.8 Å². The molecule has 2 heterocycles. The Morgan fingerprint density at radius 3 is 2.41 bits per heavy atom. The highest BCUT2D eigenvalue weighted by atomic mass is 16.6. The average Bonchev–Trinajstić information content (AvgIpc) is 3.50. The molecule has 2 atom stereocenters. The largest absolute Gasteiger partial charge is 0.485 e. The van der Waals surface area contributed by atoms with Crippen LogP contribution in [0.4, 0.5) is 0 Å². The summed E-state index contributed by atoms with van der Waals surface area (Å²) in [5.74, 6) is 0.336. The van der Waals surface area contributed by atoms with Crippen LogP contribution in [0.2, 0.25) is 0 Å². The Kier molecular flexibility index (Phi) is 8.15. The zero-order valence-corrected chi connectivity index (χ0v) is 21.8. The van der Waals surface area contributed by atoms with Gasteiger partial charge in [0.2, 0.25) is 12.0 Å². The van der Waals surface area contributed by atoms with E-state index in [4.69, 9.17) is 18.6 Å². The van der Waals surface area contributed by atoms with Crippen LogP contribution in [0.5, 0.6) is 11.5 Å². The molecule has 2 aliphatic rings. The molecule has 3 aromatic rings. The lowest BCUT2D eigenvalue weighted by Crippen LogP contribution is -2.52. The first-order valence-electron chi connectivity index (χ1n) is 13.2. The first-order valence-corrected chi connectivity index (χ1v) is 13.2. The molecule has 1 fully saturated rings. The van der Waals surface area contributed by atoms with E-state index in [1.165, 1.54) is 18.3 Å². The van der Waals surface area contributed by atoms with Gasteiger partial charge in [-0.05, 0) is 54.8 Å². The maximum atomic E-state index is 14.1. The summed E-state index contributed by atoms with van der Waals surface area (Å²) in [5.41, 5.74) is 0.894. The minimum absolute atomic E-state index is 0.00272. The fourth-order valence-corrected chi connectivity index (χ4v) is 5.11. The highest BCUT2D eigenvalue weighted by Gasteiger charge is 2.39. The van der Waals surface area contributed by atoms with Crippen molar-refractivity contribution in [3.8, 4) is 11.5 Å². The van der Waals surface area contributed by atoms with Crippen LogP contribution in [0, 0.1) is 0 Å². The summed E-state index contributed by atoms with van der Waals surface area (Å²) >= 11 is 0. The fraction of sp³-hybridized carbons (Fsp3) is 0.367. The number of hydrogen-bond acceptors (Lipinski definition) is 7. The van der Waals surface area contributed by atoms with E-state index in [0.29, 0.717) is 28.4 Å². The number of para-hydroxylation sites is 2. The van der Waals surface area contributed by atoms with Crippen molar-refractivity contribution in [2.45, 2.75) is 56.8 Å². The van der Waals surface area contributed by atoms with E-state index in [2.05, 4.69) is 5.32 Å². The zero-order valence-electron chi connectivity index (χ0n) is 21.8. The normalized spacial score (nSPS) is 17.6.